The lowest BCUT2D eigenvalue weighted by molar-refractivity contribution is 0.736. The molecule has 4 heteroatoms. The molecule has 1 aromatic heterocycles. The molecule has 0 unspecified atom stereocenters. The zero-order valence-corrected chi connectivity index (χ0v) is 11.6. The molecule has 0 atom stereocenters. The molecular weight excluding hydrogens is 246 g/mol. The highest BCUT2D eigenvalue weighted by atomic mass is 35.5. The van der Waals surface area contributed by atoms with E-state index in [4.69, 9.17) is 11.6 Å². The van der Waals surface area contributed by atoms with Gasteiger partial charge in [0.1, 0.15) is 5.82 Å². The molecule has 0 saturated carbocycles. The van der Waals surface area contributed by atoms with E-state index < -0.39 is 0 Å². The van der Waals surface area contributed by atoms with Crippen LogP contribution < -0.4 is 4.90 Å². The third-order valence-electron chi connectivity index (χ3n) is 2.84. The summed E-state index contributed by atoms with van der Waals surface area (Å²) in [6.07, 6.45) is 2.19. The highest BCUT2D eigenvalue weighted by Gasteiger charge is 2.12. The molecule has 0 bridgehead atoms. The van der Waals surface area contributed by atoms with Gasteiger partial charge in [-0.25, -0.2) is 4.98 Å². The van der Waals surface area contributed by atoms with E-state index in [9.17, 15) is 0 Å². The third kappa shape index (κ3) is 2.72. The predicted molar refractivity (Wildman–Crippen MR) is 77.3 cm³/mol. The maximum absolute atomic E-state index is 6.02. The number of hydrogen-bond donors (Lipinski definition) is 0. The molecule has 0 aliphatic rings. The molecule has 0 saturated heterocycles. The van der Waals surface area contributed by atoms with Gasteiger partial charge in [-0.3, -0.25) is 0 Å². The summed E-state index contributed by atoms with van der Waals surface area (Å²) in [6.45, 7) is 6.33. The minimum absolute atomic E-state index is 0.320. The van der Waals surface area contributed by atoms with E-state index >= 15 is 0 Å². The molecule has 0 fully saturated rings. The fourth-order valence-corrected chi connectivity index (χ4v) is 2.31. The molecule has 3 nitrogen and oxygen atoms in total. The van der Waals surface area contributed by atoms with E-state index in [-0.39, 0.29) is 0 Å². The van der Waals surface area contributed by atoms with Crippen molar-refractivity contribution in [3.8, 4) is 0 Å². The minimum Gasteiger partial charge on any atom is -0.356 e. The Hall–Kier alpha value is -1.35. The molecule has 2 aromatic rings. The van der Waals surface area contributed by atoms with Gasteiger partial charge >= 0.3 is 0 Å². The molecule has 0 amide bonds. The normalized spacial score (nSPS) is 10.8. The van der Waals surface area contributed by atoms with Crippen molar-refractivity contribution in [3.63, 3.8) is 0 Å². The van der Waals surface area contributed by atoms with Gasteiger partial charge in [0.2, 0.25) is 5.28 Å². The fourth-order valence-electron chi connectivity index (χ4n) is 2.14. The van der Waals surface area contributed by atoms with Crippen LogP contribution in [0.5, 0.6) is 0 Å². The highest BCUT2D eigenvalue weighted by molar-refractivity contribution is 6.28. The molecule has 0 aliphatic carbocycles. The van der Waals surface area contributed by atoms with Gasteiger partial charge in [0.05, 0.1) is 5.52 Å². The smallest absolute Gasteiger partial charge is 0.224 e. The predicted octanol–water partition coefficient (Wildman–Crippen LogP) is 3.91. The summed E-state index contributed by atoms with van der Waals surface area (Å²) in [4.78, 5) is 11.0. The molecular formula is C14H18ClN3. The second kappa shape index (κ2) is 6.01. The largest absolute Gasteiger partial charge is 0.356 e. The van der Waals surface area contributed by atoms with Crippen LogP contribution in [0.2, 0.25) is 5.28 Å². The van der Waals surface area contributed by atoms with Crippen molar-refractivity contribution >= 4 is 28.3 Å². The van der Waals surface area contributed by atoms with Crippen LogP contribution in [0.25, 0.3) is 10.9 Å². The van der Waals surface area contributed by atoms with Crippen LogP contribution in [0.15, 0.2) is 24.3 Å². The molecule has 0 radical (unpaired) electrons. The first-order chi connectivity index (χ1) is 8.76. The van der Waals surface area contributed by atoms with Gasteiger partial charge in [-0.05, 0) is 36.6 Å². The van der Waals surface area contributed by atoms with E-state index in [1.54, 1.807) is 0 Å². The van der Waals surface area contributed by atoms with Crippen LogP contribution in [-0.4, -0.2) is 23.1 Å². The average Bonchev–Trinajstić information content (AvgIpc) is 2.37. The van der Waals surface area contributed by atoms with Gasteiger partial charge in [0, 0.05) is 18.5 Å². The molecule has 0 spiro atoms. The summed E-state index contributed by atoms with van der Waals surface area (Å²) in [6, 6.07) is 8.01. The van der Waals surface area contributed by atoms with Gasteiger partial charge < -0.3 is 4.90 Å². The van der Waals surface area contributed by atoms with Crippen molar-refractivity contribution < 1.29 is 0 Å². The van der Waals surface area contributed by atoms with Gasteiger partial charge in [0.25, 0.3) is 0 Å². The molecule has 1 aromatic carbocycles. The monoisotopic (exact) mass is 263 g/mol. The Morgan fingerprint density at radius 3 is 2.39 bits per heavy atom. The Morgan fingerprint density at radius 1 is 1.06 bits per heavy atom. The first-order valence-corrected chi connectivity index (χ1v) is 6.81. The molecule has 0 N–H and O–H groups in total. The zero-order valence-electron chi connectivity index (χ0n) is 10.9. The standard InChI is InChI=1S/C14H18ClN3/c1-3-9-18(10-4-2)13-11-7-5-6-8-12(11)16-14(15)17-13/h5-8H,3-4,9-10H2,1-2H3. The number of benzene rings is 1. The number of nitrogens with zero attached hydrogens (tertiary/aromatic N) is 3. The number of halogens is 1. The summed E-state index contributed by atoms with van der Waals surface area (Å²) in [7, 11) is 0. The van der Waals surface area contributed by atoms with Crippen LogP contribution in [0.1, 0.15) is 26.7 Å². The fraction of sp³-hybridized carbons (Fsp3) is 0.429. The van der Waals surface area contributed by atoms with Crippen molar-refractivity contribution in [1.29, 1.82) is 0 Å². The molecule has 96 valence electrons. The lowest BCUT2D eigenvalue weighted by Gasteiger charge is -2.23. The summed E-state index contributed by atoms with van der Waals surface area (Å²) in [5.41, 5.74) is 0.907. The van der Waals surface area contributed by atoms with Crippen molar-refractivity contribution in [3.05, 3.63) is 29.5 Å². The van der Waals surface area contributed by atoms with Gasteiger partial charge in [-0.2, -0.15) is 4.98 Å². The number of hydrogen-bond acceptors (Lipinski definition) is 3. The first-order valence-electron chi connectivity index (χ1n) is 6.43. The van der Waals surface area contributed by atoms with Crippen LogP contribution in [0, 0.1) is 0 Å². The number of fused-ring (bicyclic) bond motifs is 1. The van der Waals surface area contributed by atoms with Gasteiger partial charge in [-0.1, -0.05) is 26.0 Å². The molecule has 2 rings (SSSR count). The van der Waals surface area contributed by atoms with E-state index in [0.717, 1.165) is 42.7 Å². The number of rotatable bonds is 5. The number of anilines is 1. The molecule has 18 heavy (non-hydrogen) atoms. The second-order valence-corrected chi connectivity index (χ2v) is 4.66. The topological polar surface area (TPSA) is 29.0 Å². The van der Waals surface area contributed by atoms with Gasteiger partial charge in [-0.15, -0.1) is 0 Å². The minimum atomic E-state index is 0.320. The first kappa shape index (κ1) is 13.1. The Morgan fingerprint density at radius 2 is 1.72 bits per heavy atom. The summed E-state index contributed by atoms with van der Waals surface area (Å²) >= 11 is 6.02. The van der Waals surface area contributed by atoms with Crippen molar-refractivity contribution in [2.24, 2.45) is 0 Å². The van der Waals surface area contributed by atoms with Crippen LogP contribution in [-0.2, 0) is 0 Å². The maximum Gasteiger partial charge on any atom is 0.224 e. The Bertz CT molecular complexity index is 521. The van der Waals surface area contributed by atoms with E-state index in [1.807, 2.05) is 18.2 Å². The highest BCUT2D eigenvalue weighted by Crippen LogP contribution is 2.25. The van der Waals surface area contributed by atoms with Crippen LogP contribution in [0.3, 0.4) is 0 Å². The van der Waals surface area contributed by atoms with E-state index in [1.165, 1.54) is 0 Å². The second-order valence-electron chi connectivity index (χ2n) is 4.32. The third-order valence-corrected chi connectivity index (χ3v) is 3.01. The van der Waals surface area contributed by atoms with Crippen molar-refractivity contribution in [1.82, 2.24) is 9.97 Å². The SMILES string of the molecule is CCCN(CCC)c1nc(Cl)nc2ccccc12. The molecule has 0 aliphatic heterocycles. The lowest BCUT2D eigenvalue weighted by Crippen LogP contribution is -2.26. The Kier molecular flexibility index (Phi) is 4.37. The van der Waals surface area contributed by atoms with E-state index in [0.29, 0.717) is 5.28 Å². The maximum atomic E-state index is 6.02. The molecule has 1 heterocycles. The van der Waals surface area contributed by atoms with Crippen LogP contribution >= 0.6 is 11.6 Å². The zero-order chi connectivity index (χ0) is 13.0. The average molecular weight is 264 g/mol. The summed E-state index contributed by atoms with van der Waals surface area (Å²) in [5.74, 6) is 0.953. The van der Waals surface area contributed by atoms with Crippen LogP contribution in [0.4, 0.5) is 5.82 Å². The Labute approximate surface area is 113 Å². The van der Waals surface area contributed by atoms with E-state index in [2.05, 4.69) is 34.8 Å². The Balaban J connectivity index is 2.52. The lowest BCUT2D eigenvalue weighted by atomic mass is 10.2. The quantitative estimate of drug-likeness (QED) is 0.766. The van der Waals surface area contributed by atoms with Gasteiger partial charge in [0.15, 0.2) is 0 Å². The number of para-hydroxylation sites is 1. The number of aromatic nitrogens is 2. The summed E-state index contributed by atoms with van der Waals surface area (Å²) < 4.78 is 0. The summed E-state index contributed by atoms with van der Waals surface area (Å²) in [5, 5.41) is 1.39. The van der Waals surface area contributed by atoms with Crippen molar-refractivity contribution in [2.45, 2.75) is 26.7 Å². The van der Waals surface area contributed by atoms with Crippen molar-refractivity contribution in [2.75, 3.05) is 18.0 Å².